The van der Waals surface area contributed by atoms with Crippen molar-refractivity contribution in [3.63, 3.8) is 0 Å². The van der Waals surface area contributed by atoms with Crippen molar-refractivity contribution >= 4 is 5.91 Å². The average molecular weight is 240 g/mol. The first kappa shape index (κ1) is 12.8. The Bertz CT molecular complexity index is 258. The number of nitrogens with one attached hydrogen (secondary N) is 2. The highest BCUT2D eigenvalue weighted by molar-refractivity contribution is 5.78. The van der Waals surface area contributed by atoms with E-state index in [-0.39, 0.29) is 11.8 Å². The lowest BCUT2D eigenvalue weighted by Crippen LogP contribution is -2.49. The summed E-state index contributed by atoms with van der Waals surface area (Å²) < 4.78 is 5.28. The standard InChI is InChI=1S/C13H24N2O2/c1-14-9-13(5-2-6-13)10-15-12(16)11-3-7-17-8-4-11/h11,14H,2-10H2,1H3,(H,15,16). The summed E-state index contributed by atoms with van der Waals surface area (Å²) in [5.74, 6) is 0.408. The van der Waals surface area contributed by atoms with Crippen molar-refractivity contribution in [2.45, 2.75) is 32.1 Å². The molecule has 98 valence electrons. The van der Waals surface area contributed by atoms with E-state index in [0.29, 0.717) is 5.41 Å². The number of rotatable bonds is 5. The molecule has 1 aliphatic heterocycles. The molecule has 2 aliphatic rings. The van der Waals surface area contributed by atoms with Crippen LogP contribution in [0.5, 0.6) is 0 Å². The summed E-state index contributed by atoms with van der Waals surface area (Å²) in [5.41, 5.74) is 0.329. The molecule has 0 aromatic rings. The highest BCUT2D eigenvalue weighted by atomic mass is 16.5. The summed E-state index contributed by atoms with van der Waals surface area (Å²) in [7, 11) is 1.99. The van der Waals surface area contributed by atoms with Gasteiger partial charge in [0.25, 0.3) is 0 Å². The number of carbonyl (C=O) groups is 1. The second-order valence-electron chi connectivity index (χ2n) is 5.49. The van der Waals surface area contributed by atoms with Crippen molar-refractivity contribution in [1.29, 1.82) is 0 Å². The van der Waals surface area contributed by atoms with Gasteiger partial charge in [0.2, 0.25) is 5.91 Å². The Morgan fingerprint density at radius 2 is 2.00 bits per heavy atom. The Labute approximate surface area is 103 Å². The van der Waals surface area contributed by atoms with E-state index in [9.17, 15) is 4.79 Å². The maximum atomic E-state index is 12.0. The van der Waals surface area contributed by atoms with E-state index in [4.69, 9.17) is 4.74 Å². The van der Waals surface area contributed by atoms with Crippen molar-refractivity contribution in [3.8, 4) is 0 Å². The Hall–Kier alpha value is -0.610. The Balaban J connectivity index is 1.74. The zero-order valence-corrected chi connectivity index (χ0v) is 10.8. The predicted molar refractivity (Wildman–Crippen MR) is 66.8 cm³/mol. The Morgan fingerprint density at radius 3 is 2.53 bits per heavy atom. The SMILES string of the molecule is CNCC1(CNC(=O)C2CCOCC2)CCC1. The maximum Gasteiger partial charge on any atom is 0.223 e. The van der Waals surface area contributed by atoms with E-state index in [1.165, 1.54) is 19.3 Å². The third-order valence-electron chi connectivity index (χ3n) is 4.20. The van der Waals surface area contributed by atoms with Gasteiger partial charge in [-0.25, -0.2) is 0 Å². The summed E-state index contributed by atoms with van der Waals surface area (Å²) >= 11 is 0. The molecular weight excluding hydrogens is 216 g/mol. The zero-order valence-electron chi connectivity index (χ0n) is 10.8. The smallest absolute Gasteiger partial charge is 0.223 e. The Kier molecular flexibility index (Phi) is 4.40. The molecule has 4 nitrogen and oxygen atoms in total. The first-order valence-corrected chi connectivity index (χ1v) is 6.76. The molecule has 1 saturated heterocycles. The van der Waals surface area contributed by atoms with Crippen LogP contribution in [0.2, 0.25) is 0 Å². The minimum atomic E-state index is 0.176. The van der Waals surface area contributed by atoms with Gasteiger partial charge in [-0.2, -0.15) is 0 Å². The average Bonchev–Trinajstić information content (AvgIpc) is 2.33. The highest BCUT2D eigenvalue weighted by Gasteiger charge is 2.37. The van der Waals surface area contributed by atoms with Gasteiger partial charge in [-0.15, -0.1) is 0 Å². The molecule has 2 rings (SSSR count). The normalized spacial score (nSPS) is 24.1. The molecule has 0 radical (unpaired) electrons. The highest BCUT2D eigenvalue weighted by Crippen LogP contribution is 2.39. The summed E-state index contributed by atoms with van der Waals surface area (Å²) in [5, 5.41) is 6.39. The van der Waals surface area contributed by atoms with Gasteiger partial charge in [0, 0.05) is 37.6 Å². The Morgan fingerprint density at radius 1 is 1.29 bits per heavy atom. The monoisotopic (exact) mass is 240 g/mol. The van der Waals surface area contributed by atoms with Crippen molar-refractivity contribution < 1.29 is 9.53 Å². The molecule has 0 aromatic heterocycles. The molecule has 17 heavy (non-hydrogen) atoms. The van der Waals surface area contributed by atoms with E-state index >= 15 is 0 Å². The molecule has 1 amide bonds. The predicted octanol–water partition coefficient (Wildman–Crippen LogP) is 0.919. The van der Waals surface area contributed by atoms with E-state index < -0.39 is 0 Å². The second kappa shape index (κ2) is 5.83. The third kappa shape index (κ3) is 3.19. The van der Waals surface area contributed by atoms with Crippen molar-refractivity contribution in [3.05, 3.63) is 0 Å². The minimum absolute atomic E-state index is 0.176. The zero-order chi connectivity index (χ0) is 12.1. The molecule has 4 heteroatoms. The molecule has 1 heterocycles. The molecular formula is C13H24N2O2. The van der Waals surface area contributed by atoms with E-state index in [2.05, 4.69) is 10.6 Å². The molecule has 2 fully saturated rings. The number of hydrogen-bond donors (Lipinski definition) is 2. The van der Waals surface area contributed by atoms with Crippen LogP contribution in [0.1, 0.15) is 32.1 Å². The third-order valence-corrected chi connectivity index (χ3v) is 4.20. The van der Waals surface area contributed by atoms with Gasteiger partial charge >= 0.3 is 0 Å². The second-order valence-corrected chi connectivity index (χ2v) is 5.49. The molecule has 0 bridgehead atoms. The first-order valence-electron chi connectivity index (χ1n) is 6.76. The van der Waals surface area contributed by atoms with Crippen LogP contribution in [-0.4, -0.2) is 39.3 Å². The fourth-order valence-electron chi connectivity index (χ4n) is 2.85. The van der Waals surface area contributed by atoms with Crippen LogP contribution < -0.4 is 10.6 Å². The van der Waals surface area contributed by atoms with Crippen molar-refractivity contribution in [1.82, 2.24) is 10.6 Å². The molecule has 1 aliphatic carbocycles. The molecule has 2 N–H and O–H groups in total. The van der Waals surface area contributed by atoms with Crippen molar-refractivity contribution in [2.75, 3.05) is 33.4 Å². The molecule has 0 unspecified atom stereocenters. The molecule has 0 spiro atoms. The molecule has 0 atom stereocenters. The lowest BCUT2D eigenvalue weighted by atomic mass is 9.68. The summed E-state index contributed by atoms with van der Waals surface area (Å²) in [6.07, 6.45) is 5.54. The largest absolute Gasteiger partial charge is 0.381 e. The van der Waals surface area contributed by atoms with Gasteiger partial charge in [-0.1, -0.05) is 6.42 Å². The van der Waals surface area contributed by atoms with Gasteiger partial charge in [-0.05, 0) is 32.7 Å². The first-order chi connectivity index (χ1) is 8.26. The maximum absolute atomic E-state index is 12.0. The van der Waals surface area contributed by atoms with Crippen LogP contribution in [-0.2, 0) is 9.53 Å². The van der Waals surface area contributed by atoms with Crippen LogP contribution >= 0.6 is 0 Å². The molecule has 0 aromatic carbocycles. The van der Waals surface area contributed by atoms with Gasteiger partial charge in [0.15, 0.2) is 0 Å². The number of ether oxygens (including phenoxy) is 1. The number of amides is 1. The van der Waals surface area contributed by atoms with E-state index in [0.717, 1.165) is 39.1 Å². The van der Waals surface area contributed by atoms with Crippen LogP contribution in [0.4, 0.5) is 0 Å². The summed E-state index contributed by atoms with van der Waals surface area (Å²) in [4.78, 5) is 12.0. The summed E-state index contributed by atoms with van der Waals surface area (Å²) in [6.45, 7) is 3.32. The van der Waals surface area contributed by atoms with Crippen LogP contribution in [0, 0.1) is 11.3 Å². The van der Waals surface area contributed by atoms with Gasteiger partial charge in [0.1, 0.15) is 0 Å². The topological polar surface area (TPSA) is 50.4 Å². The van der Waals surface area contributed by atoms with E-state index in [1.807, 2.05) is 7.05 Å². The van der Waals surface area contributed by atoms with Crippen LogP contribution in [0.3, 0.4) is 0 Å². The lowest BCUT2D eigenvalue weighted by Gasteiger charge is -2.42. The van der Waals surface area contributed by atoms with Gasteiger partial charge < -0.3 is 15.4 Å². The van der Waals surface area contributed by atoms with Crippen molar-refractivity contribution in [2.24, 2.45) is 11.3 Å². The molecule has 1 saturated carbocycles. The fourth-order valence-corrected chi connectivity index (χ4v) is 2.85. The lowest BCUT2D eigenvalue weighted by molar-refractivity contribution is -0.128. The fraction of sp³-hybridized carbons (Fsp3) is 0.923. The summed E-state index contributed by atoms with van der Waals surface area (Å²) in [6, 6.07) is 0. The number of hydrogen-bond acceptors (Lipinski definition) is 3. The van der Waals surface area contributed by atoms with E-state index in [1.54, 1.807) is 0 Å². The minimum Gasteiger partial charge on any atom is -0.381 e. The van der Waals surface area contributed by atoms with Gasteiger partial charge in [-0.3, -0.25) is 4.79 Å². The quantitative estimate of drug-likeness (QED) is 0.751. The number of carbonyl (C=O) groups excluding carboxylic acids is 1. The van der Waals surface area contributed by atoms with Gasteiger partial charge in [0.05, 0.1) is 0 Å². The van der Waals surface area contributed by atoms with Crippen LogP contribution in [0.25, 0.3) is 0 Å². The van der Waals surface area contributed by atoms with Crippen LogP contribution in [0.15, 0.2) is 0 Å².